The van der Waals surface area contributed by atoms with Crippen LogP contribution in [0.4, 0.5) is 5.82 Å². The van der Waals surface area contributed by atoms with Crippen molar-refractivity contribution in [1.82, 2.24) is 29.6 Å². The summed E-state index contributed by atoms with van der Waals surface area (Å²) in [5, 5.41) is 4.53. The van der Waals surface area contributed by atoms with Crippen molar-refractivity contribution in [3.63, 3.8) is 0 Å². The summed E-state index contributed by atoms with van der Waals surface area (Å²) in [6.07, 6.45) is 1.62. The van der Waals surface area contributed by atoms with Crippen LogP contribution in [0.3, 0.4) is 0 Å². The highest BCUT2D eigenvalue weighted by atomic mass is 16.5. The maximum atomic E-state index is 12.9. The average Bonchev–Trinajstić information content (AvgIpc) is 3.10. The summed E-state index contributed by atoms with van der Waals surface area (Å²) in [5.74, 6) is 2.57. The molecule has 0 aromatic carbocycles. The van der Waals surface area contributed by atoms with Gasteiger partial charge in [0.15, 0.2) is 5.82 Å². The minimum atomic E-state index is -0.0678. The van der Waals surface area contributed by atoms with E-state index in [1.54, 1.807) is 18.3 Å². The van der Waals surface area contributed by atoms with Crippen LogP contribution in [0.2, 0.25) is 0 Å². The van der Waals surface area contributed by atoms with Gasteiger partial charge in [0.05, 0.1) is 12.8 Å². The fourth-order valence-corrected chi connectivity index (χ4v) is 3.69. The summed E-state index contributed by atoms with van der Waals surface area (Å²) < 4.78 is 7.07. The van der Waals surface area contributed by atoms with Gasteiger partial charge < -0.3 is 14.5 Å². The second-order valence-corrected chi connectivity index (χ2v) is 7.31. The Labute approximate surface area is 175 Å². The van der Waals surface area contributed by atoms with Crippen LogP contribution < -0.4 is 9.64 Å². The quantitative estimate of drug-likeness (QED) is 0.653. The van der Waals surface area contributed by atoms with Crippen molar-refractivity contribution in [2.45, 2.75) is 20.8 Å². The monoisotopic (exact) mass is 407 g/mol. The van der Waals surface area contributed by atoms with Crippen LogP contribution in [0.5, 0.6) is 5.88 Å². The number of hydrogen-bond acceptors (Lipinski definition) is 7. The minimum Gasteiger partial charge on any atom is -0.480 e. The van der Waals surface area contributed by atoms with Gasteiger partial charge in [-0.25, -0.2) is 19.6 Å². The lowest BCUT2D eigenvalue weighted by Gasteiger charge is -2.35. The zero-order valence-electron chi connectivity index (χ0n) is 17.7. The standard InChI is InChI=1S/C21H25N7O2/c1-14-12-15(2)28(25-14)19-13-18(23-16(3)24-19)26-8-10-27(11-9-26)21(29)17-6-5-7-22-20(17)30-4/h5-7,12-13H,8-11H2,1-4H3. The molecule has 0 saturated carbocycles. The average molecular weight is 407 g/mol. The van der Waals surface area contributed by atoms with E-state index in [4.69, 9.17) is 4.74 Å². The van der Waals surface area contributed by atoms with Crippen molar-refractivity contribution < 1.29 is 9.53 Å². The first kappa shape index (κ1) is 19.8. The topological polar surface area (TPSA) is 89.3 Å². The Morgan fingerprint density at radius 2 is 1.77 bits per heavy atom. The van der Waals surface area contributed by atoms with Gasteiger partial charge in [0, 0.05) is 44.1 Å². The number of piperazine rings is 1. The van der Waals surface area contributed by atoms with Crippen LogP contribution in [0.15, 0.2) is 30.5 Å². The van der Waals surface area contributed by atoms with E-state index in [1.807, 2.05) is 42.5 Å². The van der Waals surface area contributed by atoms with E-state index in [0.29, 0.717) is 43.4 Å². The molecule has 1 fully saturated rings. The normalized spacial score (nSPS) is 14.1. The molecule has 0 bridgehead atoms. The van der Waals surface area contributed by atoms with Gasteiger partial charge in [-0.05, 0) is 39.0 Å². The van der Waals surface area contributed by atoms with Crippen molar-refractivity contribution in [1.29, 1.82) is 0 Å². The zero-order valence-corrected chi connectivity index (χ0v) is 17.7. The molecule has 9 nitrogen and oxygen atoms in total. The van der Waals surface area contributed by atoms with Gasteiger partial charge in [-0.3, -0.25) is 4.79 Å². The molecule has 4 rings (SSSR count). The van der Waals surface area contributed by atoms with E-state index in [0.717, 1.165) is 23.0 Å². The van der Waals surface area contributed by atoms with Crippen molar-refractivity contribution in [3.05, 3.63) is 53.2 Å². The Morgan fingerprint density at radius 1 is 1.03 bits per heavy atom. The number of anilines is 1. The zero-order chi connectivity index (χ0) is 21.3. The van der Waals surface area contributed by atoms with Crippen LogP contribution in [0.25, 0.3) is 5.82 Å². The number of amides is 1. The Kier molecular flexibility index (Phi) is 5.35. The lowest BCUT2D eigenvalue weighted by Crippen LogP contribution is -2.49. The number of nitrogens with zero attached hydrogens (tertiary/aromatic N) is 7. The van der Waals surface area contributed by atoms with Crippen LogP contribution in [0.1, 0.15) is 27.6 Å². The van der Waals surface area contributed by atoms with Crippen LogP contribution in [-0.4, -0.2) is 68.8 Å². The molecular formula is C21H25N7O2. The van der Waals surface area contributed by atoms with Gasteiger partial charge in [-0.15, -0.1) is 0 Å². The number of aromatic nitrogens is 5. The maximum absolute atomic E-state index is 12.9. The molecule has 1 aliphatic heterocycles. The van der Waals surface area contributed by atoms with Gasteiger partial charge in [-0.1, -0.05) is 0 Å². The first-order valence-electron chi connectivity index (χ1n) is 9.89. The molecule has 0 atom stereocenters. The molecule has 1 amide bonds. The van der Waals surface area contributed by atoms with E-state index < -0.39 is 0 Å². The number of carbonyl (C=O) groups excluding carboxylic acids is 1. The van der Waals surface area contributed by atoms with E-state index in [2.05, 4.69) is 25.0 Å². The van der Waals surface area contributed by atoms with Crippen molar-refractivity contribution in [2.24, 2.45) is 0 Å². The summed E-state index contributed by atoms with van der Waals surface area (Å²) >= 11 is 0. The Balaban J connectivity index is 1.50. The van der Waals surface area contributed by atoms with E-state index in [1.165, 1.54) is 7.11 Å². The largest absolute Gasteiger partial charge is 0.480 e. The predicted octanol–water partition coefficient (Wildman–Crippen LogP) is 1.95. The second-order valence-electron chi connectivity index (χ2n) is 7.31. The third-order valence-electron chi connectivity index (χ3n) is 5.12. The second kappa shape index (κ2) is 8.10. The van der Waals surface area contributed by atoms with E-state index in [9.17, 15) is 4.79 Å². The maximum Gasteiger partial charge on any atom is 0.259 e. The Hall–Kier alpha value is -3.49. The fraction of sp³-hybridized carbons (Fsp3) is 0.381. The van der Waals surface area contributed by atoms with Crippen molar-refractivity contribution in [3.8, 4) is 11.7 Å². The molecular weight excluding hydrogens is 382 g/mol. The SMILES string of the molecule is COc1ncccc1C(=O)N1CCN(c2cc(-n3nc(C)cc3C)nc(C)n2)CC1. The number of methoxy groups -OCH3 is 1. The summed E-state index contributed by atoms with van der Waals surface area (Å²) in [4.78, 5) is 30.2. The molecule has 3 aromatic heterocycles. The molecule has 0 radical (unpaired) electrons. The van der Waals surface area contributed by atoms with E-state index in [-0.39, 0.29) is 5.91 Å². The molecule has 1 saturated heterocycles. The summed E-state index contributed by atoms with van der Waals surface area (Å²) in [7, 11) is 1.52. The molecule has 0 aliphatic carbocycles. The number of ether oxygens (including phenoxy) is 1. The third kappa shape index (κ3) is 3.83. The van der Waals surface area contributed by atoms with Crippen molar-refractivity contribution in [2.75, 3.05) is 38.2 Å². The molecule has 1 aliphatic rings. The highest BCUT2D eigenvalue weighted by Gasteiger charge is 2.25. The number of pyridine rings is 1. The van der Waals surface area contributed by atoms with Crippen LogP contribution in [-0.2, 0) is 0 Å². The molecule has 0 spiro atoms. The lowest BCUT2D eigenvalue weighted by molar-refractivity contribution is 0.0742. The van der Waals surface area contributed by atoms with Gasteiger partial charge >= 0.3 is 0 Å². The molecule has 30 heavy (non-hydrogen) atoms. The minimum absolute atomic E-state index is 0.0678. The first-order valence-corrected chi connectivity index (χ1v) is 9.89. The molecule has 9 heteroatoms. The highest BCUT2D eigenvalue weighted by molar-refractivity contribution is 5.96. The number of carbonyl (C=O) groups is 1. The number of aryl methyl sites for hydroxylation is 3. The molecule has 156 valence electrons. The first-order chi connectivity index (χ1) is 14.5. The Morgan fingerprint density at radius 3 is 2.43 bits per heavy atom. The van der Waals surface area contributed by atoms with E-state index >= 15 is 0 Å². The molecule has 0 unspecified atom stereocenters. The molecule has 0 N–H and O–H groups in total. The number of rotatable bonds is 4. The van der Waals surface area contributed by atoms with Gasteiger partial charge in [0.2, 0.25) is 5.88 Å². The van der Waals surface area contributed by atoms with Gasteiger partial charge in [-0.2, -0.15) is 5.10 Å². The summed E-state index contributed by atoms with van der Waals surface area (Å²) in [6.45, 7) is 8.40. The van der Waals surface area contributed by atoms with Crippen molar-refractivity contribution >= 4 is 11.7 Å². The third-order valence-corrected chi connectivity index (χ3v) is 5.12. The fourth-order valence-electron chi connectivity index (χ4n) is 3.69. The highest BCUT2D eigenvalue weighted by Crippen LogP contribution is 2.21. The Bertz CT molecular complexity index is 1070. The lowest BCUT2D eigenvalue weighted by atomic mass is 10.2. The summed E-state index contributed by atoms with van der Waals surface area (Å²) in [5.41, 5.74) is 2.46. The van der Waals surface area contributed by atoms with Gasteiger partial charge in [0.25, 0.3) is 5.91 Å². The smallest absolute Gasteiger partial charge is 0.259 e. The predicted molar refractivity (Wildman–Crippen MR) is 112 cm³/mol. The van der Waals surface area contributed by atoms with Crippen LogP contribution >= 0.6 is 0 Å². The van der Waals surface area contributed by atoms with Crippen LogP contribution in [0, 0.1) is 20.8 Å². The number of hydrogen-bond donors (Lipinski definition) is 0. The summed E-state index contributed by atoms with van der Waals surface area (Å²) in [6, 6.07) is 7.47. The van der Waals surface area contributed by atoms with Gasteiger partial charge in [0.1, 0.15) is 17.2 Å². The molecule has 4 heterocycles. The molecule has 3 aromatic rings.